The van der Waals surface area contributed by atoms with Crippen LogP contribution >= 0.6 is 11.3 Å². The van der Waals surface area contributed by atoms with E-state index in [0.29, 0.717) is 37.3 Å². The Morgan fingerprint density at radius 2 is 1.93 bits per heavy atom. The number of aryl methyl sites for hydroxylation is 1. The van der Waals surface area contributed by atoms with Crippen molar-refractivity contribution in [1.29, 1.82) is 0 Å². The number of carbonyl (C=O) groups excluding carboxylic acids is 1. The maximum Gasteiger partial charge on any atom is 0.262 e. The zero-order valence-electron chi connectivity index (χ0n) is 15.0. The lowest BCUT2D eigenvalue weighted by Gasteiger charge is -2.10. The summed E-state index contributed by atoms with van der Waals surface area (Å²) in [6, 6.07) is 8.20. The number of benzene rings is 1. The summed E-state index contributed by atoms with van der Waals surface area (Å²) in [7, 11) is -3.65. The van der Waals surface area contributed by atoms with Crippen molar-refractivity contribution in [2.24, 2.45) is 4.99 Å². The van der Waals surface area contributed by atoms with Gasteiger partial charge in [0.1, 0.15) is 5.84 Å². The van der Waals surface area contributed by atoms with Crippen molar-refractivity contribution in [3.63, 3.8) is 0 Å². The number of carbonyl (C=O) groups is 1. The van der Waals surface area contributed by atoms with Crippen LogP contribution in [0, 0.1) is 0 Å². The molecule has 0 saturated carbocycles. The molecular formula is C19H23N3O3S2. The molecule has 1 aromatic heterocycles. The number of amidine groups is 1. The van der Waals surface area contributed by atoms with E-state index in [1.54, 1.807) is 23.5 Å². The van der Waals surface area contributed by atoms with Crippen LogP contribution in [0.2, 0.25) is 0 Å². The van der Waals surface area contributed by atoms with Gasteiger partial charge in [0, 0.05) is 25.1 Å². The molecule has 2 N–H and O–H groups in total. The minimum atomic E-state index is -3.65. The molecule has 0 unspecified atom stereocenters. The smallest absolute Gasteiger partial charge is 0.262 e. The van der Waals surface area contributed by atoms with E-state index in [9.17, 15) is 13.2 Å². The van der Waals surface area contributed by atoms with Crippen LogP contribution in [0.25, 0.3) is 0 Å². The van der Waals surface area contributed by atoms with Gasteiger partial charge < -0.3 is 5.32 Å². The summed E-state index contributed by atoms with van der Waals surface area (Å²) in [5, 5.41) is 6.81. The van der Waals surface area contributed by atoms with Gasteiger partial charge in [-0.15, -0.1) is 0 Å². The number of nitrogens with zero attached hydrogens (tertiary/aromatic N) is 1. The number of hydrogen-bond donors (Lipinski definition) is 2. The van der Waals surface area contributed by atoms with E-state index >= 15 is 0 Å². The molecule has 1 aromatic carbocycles. The van der Waals surface area contributed by atoms with E-state index < -0.39 is 10.0 Å². The van der Waals surface area contributed by atoms with Gasteiger partial charge in [0.15, 0.2) is 0 Å². The molecule has 1 aliphatic heterocycles. The van der Waals surface area contributed by atoms with Crippen LogP contribution in [-0.2, 0) is 21.2 Å². The molecule has 1 aliphatic rings. The fourth-order valence-electron chi connectivity index (χ4n) is 2.81. The Labute approximate surface area is 163 Å². The first kappa shape index (κ1) is 19.6. The quantitative estimate of drug-likeness (QED) is 0.770. The van der Waals surface area contributed by atoms with Crippen molar-refractivity contribution < 1.29 is 13.2 Å². The first-order valence-corrected chi connectivity index (χ1v) is 11.4. The first-order valence-electron chi connectivity index (χ1n) is 9.00. The van der Waals surface area contributed by atoms with Crippen molar-refractivity contribution in [3.8, 4) is 0 Å². The molecule has 27 heavy (non-hydrogen) atoms. The van der Waals surface area contributed by atoms with Gasteiger partial charge in [-0.25, -0.2) is 8.42 Å². The molecule has 2 heterocycles. The maximum atomic E-state index is 12.5. The Morgan fingerprint density at radius 1 is 1.11 bits per heavy atom. The van der Waals surface area contributed by atoms with Crippen LogP contribution in [0.15, 0.2) is 51.0 Å². The van der Waals surface area contributed by atoms with Crippen molar-refractivity contribution in [1.82, 2.24) is 4.72 Å². The van der Waals surface area contributed by atoms with Crippen molar-refractivity contribution in [2.75, 3.05) is 11.9 Å². The van der Waals surface area contributed by atoms with Gasteiger partial charge >= 0.3 is 0 Å². The Hall–Kier alpha value is -2.19. The maximum absolute atomic E-state index is 12.5. The highest BCUT2D eigenvalue weighted by Crippen LogP contribution is 2.16. The van der Waals surface area contributed by atoms with Crippen molar-refractivity contribution in [2.45, 2.75) is 43.4 Å². The highest BCUT2D eigenvalue weighted by atomic mass is 32.2. The zero-order chi connectivity index (χ0) is 19.1. The lowest BCUT2D eigenvalue weighted by atomic mass is 10.2. The average Bonchev–Trinajstić information content (AvgIpc) is 3.04. The third-order valence-electron chi connectivity index (χ3n) is 4.30. The van der Waals surface area contributed by atoms with E-state index in [1.165, 1.54) is 12.1 Å². The van der Waals surface area contributed by atoms with E-state index in [-0.39, 0.29) is 10.8 Å². The summed E-state index contributed by atoms with van der Waals surface area (Å²) in [6.07, 6.45) is 4.72. The predicted molar refractivity (Wildman–Crippen MR) is 109 cm³/mol. The van der Waals surface area contributed by atoms with E-state index in [0.717, 1.165) is 24.8 Å². The second-order valence-corrected chi connectivity index (χ2v) is 8.91. The Balaban J connectivity index is 1.57. The van der Waals surface area contributed by atoms with Crippen LogP contribution in [0.1, 0.15) is 37.7 Å². The van der Waals surface area contributed by atoms with Crippen molar-refractivity contribution >= 4 is 38.8 Å². The topological polar surface area (TPSA) is 87.6 Å². The van der Waals surface area contributed by atoms with Crippen molar-refractivity contribution in [3.05, 3.63) is 46.7 Å². The largest absolute Gasteiger partial charge is 0.326 e. The zero-order valence-corrected chi connectivity index (χ0v) is 16.6. The molecule has 2 aromatic rings. The molecule has 0 aliphatic carbocycles. The molecule has 6 nitrogen and oxygen atoms in total. The van der Waals surface area contributed by atoms with Gasteiger partial charge in [0.2, 0.25) is 5.91 Å². The lowest BCUT2D eigenvalue weighted by molar-refractivity contribution is -0.116. The third-order valence-corrected chi connectivity index (χ3v) is 6.42. The first-order chi connectivity index (χ1) is 13.0. The fourth-order valence-corrected chi connectivity index (χ4v) is 4.60. The summed E-state index contributed by atoms with van der Waals surface area (Å²) in [6.45, 7) is 0.661. The molecule has 0 radical (unpaired) electrons. The van der Waals surface area contributed by atoms with Crippen LogP contribution in [-0.4, -0.2) is 26.7 Å². The standard InChI is InChI=1S/C19H23N3O3S2/c23-19(10-5-15-11-13-26-14-15)21-16-6-8-17(9-7-16)27(24,25)22-18-4-2-1-3-12-20-18/h6-9,11,13-14H,1-5,10,12H2,(H,20,22)(H,21,23). The fraction of sp³-hybridized carbons (Fsp3) is 0.368. The summed E-state index contributed by atoms with van der Waals surface area (Å²) in [5.41, 5.74) is 1.72. The highest BCUT2D eigenvalue weighted by Gasteiger charge is 2.17. The lowest BCUT2D eigenvalue weighted by Crippen LogP contribution is -2.30. The minimum absolute atomic E-state index is 0.0947. The number of hydrogen-bond acceptors (Lipinski definition) is 5. The summed E-state index contributed by atoms with van der Waals surface area (Å²) >= 11 is 1.61. The van der Waals surface area contributed by atoms with Gasteiger partial charge in [0.25, 0.3) is 10.0 Å². The number of anilines is 1. The average molecular weight is 406 g/mol. The molecule has 144 valence electrons. The van der Waals surface area contributed by atoms with Crippen LogP contribution in [0.4, 0.5) is 5.69 Å². The number of aliphatic imine (C=N–C) groups is 1. The SMILES string of the molecule is O=C(CCc1ccsc1)Nc1ccc(S(=O)(=O)NC2=NCCCCC2)cc1. The Bertz CT molecular complexity index is 889. The van der Waals surface area contributed by atoms with Gasteiger partial charge in [-0.05, 0) is 65.9 Å². The molecule has 8 heteroatoms. The van der Waals surface area contributed by atoms with Gasteiger partial charge in [-0.1, -0.05) is 6.42 Å². The number of amides is 1. The normalized spacial score (nSPS) is 14.9. The molecule has 0 saturated heterocycles. The third kappa shape index (κ3) is 5.90. The minimum Gasteiger partial charge on any atom is -0.326 e. The summed E-state index contributed by atoms with van der Waals surface area (Å²) in [5.74, 6) is 0.432. The van der Waals surface area contributed by atoms with Crippen LogP contribution < -0.4 is 10.0 Å². The van der Waals surface area contributed by atoms with Gasteiger partial charge in [-0.3, -0.25) is 14.5 Å². The molecule has 0 spiro atoms. The van der Waals surface area contributed by atoms with E-state index in [4.69, 9.17) is 0 Å². The Kier molecular flexibility index (Phi) is 6.63. The second-order valence-electron chi connectivity index (χ2n) is 6.45. The Morgan fingerprint density at radius 3 is 2.67 bits per heavy atom. The van der Waals surface area contributed by atoms with Crippen LogP contribution in [0.5, 0.6) is 0 Å². The van der Waals surface area contributed by atoms with E-state index in [2.05, 4.69) is 15.0 Å². The second kappa shape index (κ2) is 9.14. The van der Waals surface area contributed by atoms with E-state index in [1.807, 2.05) is 16.8 Å². The number of thiophene rings is 1. The number of nitrogens with one attached hydrogen (secondary N) is 2. The summed E-state index contributed by atoms with van der Waals surface area (Å²) in [4.78, 5) is 16.5. The number of rotatable bonds is 6. The van der Waals surface area contributed by atoms with Crippen LogP contribution in [0.3, 0.4) is 0 Å². The molecule has 3 rings (SSSR count). The monoisotopic (exact) mass is 405 g/mol. The molecule has 0 bridgehead atoms. The summed E-state index contributed by atoms with van der Waals surface area (Å²) < 4.78 is 27.6. The molecule has 0 fully saturated rings. The number of sulfonamides is 1. The molecular weight excluding hydrogens is 382 g/mol. The molecule has 0 atom stereocenters. The predicted octanol–water partition coefficient (Wildman–Crippen LogP) is 3.57. The highest BCUT2D eigenvalue weighted by molar-refractivity contribution is 7.90. The van der Waals surface area contributed by atoms with Gasteiger partial charge in [0.05, 0.1) is 4.90 Å². The van der Waals surface area contributed by atoms with Gasteiger partial charge in [-0.2, -0.15) is 11.3 Å². The molecule has 1 amide bonds.